The topological polar surface area (TPSA) is 92.8 Å². The molecule has 0 atom stereocenters. The van der Waals surface area contributed by atoms with Crippen LogP contribution in [0, 0.1) is 0 Å². The lowest BCUT2D eigenvalue weighted by Gasteiger charge is -2.13. The van der Waals surface area contributed by atoms with E-state index in [0.29, 0.717) is 6.54 Å². The van der Waals surface area contributed by atoms with Gasteiger partial charge in [0.25, 0.3) is 0 Å². The summed E-state index contributed by atoms with van der Waals surface area (Å²) >= 11 is 0. The number of nitrogens with zero attached hydrogens (tertiary/aromatic N) is 2. The van der Waals surface area contributed by atoms with Crippen LogP contribution in [0.25, 0.3) is 0 Å². The molecule has 2 N–H and O–H groups in total. The predicted octanol–water partition coefficient (Wildman–Crippen LogP) is 1.64. The number of hydrogen-bond donors (Lipinski definition) is 2. The van der Waals surface area contributed by atoms with Crippen molar-refractivity contribution in [1.82, 2.24) is 9.29 Å². The standard InChI is InChI=1S/C15H18N4O4S/c1-19(2)24(20,21)18-15-6-4-12(9-17-15)16-8-11-3-5-13-14(7-11)23-10-22-13/h3-7,9,16H,8,10H2,1-2H3,(H,17,18). The fourth-order valence-corrected chi connectivity index (χ4v) is 2.60. The Labute approximate surface area is 140 Å². The van der Waals surface area contributed by atoms with Crippen molar-refractivity contribution in [3.05, 3.63) is 42.1 Å². The second kappa shape index (κ2) is 6.54. The van der Waals surface area contributed by atoms with Crippen LogP contribution in [0.5, 0.6) is 11.5 Å². The average Bonchev–Trinajstić information content (AvgIpc) is 3.01. The van der Waals surface area contributed by atoms with Crippen LogP contribution in [0.2, 0.25) is 0 Å². The highest BCUT2D eigenvalue weighted by molar-refractivity contribution is 7.90. The molecule has 0 spiro atoms. The lowest BCUT2D eigenvalue weighted by Crippen LogP contribution is -2.29. The third kappa shape index (κ3) is 3.69. The van der Waals surface area contributed by atoms with Crippen LogP contribution in [0.3, 0.4) is 0 Å². The Balaban J connectivity index is 1.60. The predicted molar refractivity (Wildman–Crippen MR) is 90.4 cm³/mol. The van der Waals surface area contributed by atoms with Gasteiger partial charge in [0.15, 0.2) is 11.5 Å². The third-order valence-corrected chi connectivity index (χ3v) is 4.84. The molecule has 3 rings (SSSR count). The van der Waals surface area contributed by atoms with Gasteiger partial charge in [-0.05, 0) is 29.8 Å². The lowest BCUT2D eigenvalue weighted by atomic mass is 10.2. The first-order valence-corrected chi connectivity index (χ1v) is 8.67. The molecular weight excluding hydrogens is 332 g/mol. The zero-order valence-corrected chi connectivity index (χ0v) is 14.1. The van der Waals surface area contributed by atoms with Gasteiger partial charge >= 0.3 is 10.2 Å². The fraction of sp³-hybridized carbons (Fsp3) is 0.267. The Hall–Kier alpha value is -2.52. The molecule has 0 unspecified atom stereocenters. The van der Waals surface area contributed by atoms with Gasteiger partial charge in [-0.3, -0.25) is 4.72 Å². The molecule has 128 valence electrons. The van der Waals surface area contributed by atoms with Gasteiger partial charge in [0.2, 0.25) is 6.79 Å². The summed E-state index contributed by atoms with van der Waals surface area (Å²) in [5.74, 6) is 1.75. The minimum atomic E-state index is -3.55. The molecule has 24 heavy (non-hydrogen) atoms. The maximum absolute atomic E-state index is 11.7. The molecule has 0 fully saturated rings. The van der Waals surface area contributed by atoms with E-state index in [0.717, 1.165) is 27.1 Å². The summed E-state index contributed by atoms with van der Waals surface area (Å²) in [7, 11) is -0.654. The highest BCUT2D eigenvalue weighted by Gasteiger charge is 2.14. The van der Waals surface area contributed by atoms with Crippen LogP contribution in [0.4, 0.5) is 11.5 Å². The Morgan fingerprint density at radius 2 is 1.96 bits per heavy atom. The second-order valence-electron chi connectivity index (χ2n) is 5.36. The fourth-order valence-electron chi connectivity index (χ4n) is 2.04. The smallest absolute Gasteiger partial charge is 0.302 e. The SMILES string of the molecule is CN(C)S(=O)(=O)Nc1ccc(NCc2ccc3c(c2)OCO3)cn1. The minimum Gasteiger partial charge on any atom is -0.454 e. The van der Waals surface area contributed by atoms with E-state index in [1.54, 1.807) is 18.3 Å². The molecule has 1 aliphatic heterocycles. The summed E-state index contributed by atoms with van der Waals surface area (Å²) in [6, 6.07) is 9.10. The molecule has 0 aliphatic carbocycles. The lowest BCUT2D eigenvalue weighted by molar-refractivity contribution is 0.174. The molecule has 0 saturated carbocycles. The van der Waals surface area contributed by atoms with Crippen LogP contribution in [0.1, 0.15) is 5.56 Å². The van der Waals surface area contributed by atoms with Crippen LogP contribution < -0.4 is 19.5 Å². The third-order valence-electron chi connectivity index (χ3n) is 3.41. The molecule has 1 aromatic heterocycles. The summed E-state index contributed by atoms with van der Waals surface area (Å²) in [6.45, 7) is 0.835. The molecule has 0 bridgehead atoms. The maximum Gasteiger partial charge on any atom is 0.302 e. The molecule has 0 saturated heterocycles. The number of aromatic nitrogens is 1. The van der Waals surface area contributed by atoms with Gasteiger partial charge in [-0.25, -0.2) is 4.98 Å². The highest BCUT2D eigenvalue weighted by atomic mass is 32.2. The zero-order valence-electron chi connectivity index (χ0n) is 13.3. The molecule has 9 heteroatoms. The first-order valence-electron chi connectivity index (χ1n) is 7.23. The van der Waals surface area contributed by atoms with Crippen molar-refractivity contribution in [2.45, 2.75) is 6.54 Å². The highest BCUT2D eigenvalue weighted by Crippen LogP contribution is 2.32. The summed E-state index contributed by atoms with van der Waals surface area (Å²) in [5.41, 5.74) is 1.82. The largest absolute Gasteiger partial charge is 0.454 e. The first kappa shape index (κ1) is 16.3. The van der Waals surface area contributed by atoms with Gasteiger partial charge in [0, 0.05) is 20.6 Å². The van der Waals surface area contributed by atoms with Gasteiger partial charge in [0.05, 0.1) is 11.9 Å². The van der Waals surface area contributed by atoms with E-state index in [1.807, 2.05) is 18.2 Å². The molecule has 8 nitrogen and oxygen atoms in total. The summed E-state index contributed by atoms with van der Waals surface area (Å²) < 4.78 is 37.5. The van der Waals surface area contributed by atoms with E-state index in [4.69, 9.17) is 9.47 Å². The van der Waals surface area contributed by atoms with Crippen molar-refractivity contribution in [3.63, 3.8) is 0 Å². The Morgan fingerprint density at radius 3 is 2.67 bits per heavy atom. The maximum atomic E-state index is 11.7. The van der Waals surface area contributed by atoms with Crippen LogP contribution in [-0.2, 0) is 16.8 Å². The first-order chi connectivity index (χ1) is 11.4. The van der Waals surface area contributed by atoms with E-state index < -0.39 is 10.2 Å². The number of anilines is 2. The minimum absolute atomic E-state index is 0.250. The van der Waals surface area contributed by atoms with E-state index >= 15 is 0 Å². The number of nitrogens with one attached hydrogen (secondary N) is 2. The van der Waals surface area contributed by atoms with Crippen molar-refractivity contribution < 1.29 is 17.9 Å². The summed E-state index contributed by atoms with van der Waals surface area (Å²) in [5, 5.41) is 3.22. The number of benzene rings is 1. The summed E-state index contributed by atoms with van der Waals surface area (Å²) in [4.78, 5) is 4.09. The van der Waals surface area contributed by atoms with Crippen molar-refractivity contribution in [1.29, 1.82) is 0 Å². The Bertz CT molecular complexity index is 822. The average molecular weight is 350 g/mol. The van der Waals surface area contributed by atoms with E-state index in [1.165, 1.54) is 14.1 Å². The second-order valence-corrected chi connectivity index (χ2v) is 7.25. The quantitative estimate of drug-likeness (QED) is 0.823. The van der Waals surface area contributed by atoms with Gasteiger partial charge in [-0.1, -0.05) is 6.07 Å². The van der Waals surface area contributed by atoms with Crippen LogP contribution in [0.15, 0.2) is 36.5 Å². The van der Waals surface area contributed by atoms with E-state index in [2.05, 4.69) is 15.0 Å². The monoisotopic (exact) mass is 350 g/mol. The van der Waals surface area contributed by atoms with E-state index in [-0.39, 0.29) is 12.6 Å². The molecule has 1 aliphatic rings. The van der Waals surface area contributed by atoms with Crippen molar-refractivity contribution in [2.24, 2.45) is 0 Å². The molecule has 2 heterocycles. The number of fused-ring (bicyclic) bond motifs is 1. The molecule has 1 aromatic carbocycles. The van der Waals surface area contributed by atoms with Crippen LogP contribution >= 0.6 is 0 Å². The normalized spacial score (nSPS) is 13.1. The number of pyridine rings is 1. The Morgan fingerprint density at radius 1 is 1.17 bits per heavy atom. The van der Waals surface area contributed by atoms with Crippen molar-refractivity contribution in [3.8, 4) is 11.5 Å². The van der Waals surface area contributed by atoms with Crippen molar-refractivity contribution >= 4 is 21.7 Å². The Kier molecular flexibility index (Phi) is 4.45. The molecule has 2 aromatic rings. The summed E-state index contributed by atoms with van der Waals surface area (Å²) in [6.07, 6.45) is 1.57. The zero-order chi connectivity index (χ0) is 17.2. The van der Waals surface area contributed by atoms with E-state index in [9.17, 15) is 8.42 Å². The molecule has 0 radical (unpaired) electrons. The van der Waals surface area contributed by atoms with Gasteiger partial charge in [-0.15, -0.1) is 0 Å². The number of ether oxygens (including phenoxy) is 2. The number of hydrogen-bond acceptors (Lipinski definition) is 6. The van der Waals surface area contributed by atoms with Gasteiger partial charge < -0.3 is 14.8 Å². The molecular formula is C15H18N4O4S. The van der Waals surface area contributed by atoms with Gasteiger partial charge in [0.1, 0.15) is 5.82 Å². The van der Waals surface area contributed by atoms with Crippen LogP contribution in [-0.4, -0.2) is 38.6 Å². The van der Waals surface area contributed by atoms with Gasteiger partial charge in [-0.2, -0.15) is 12.7 Å². The van der Waals surface area contributed by atoms with Crippen molar-refractivity contribution in [2.75, 3.05) is 30.9 Å². The number of rotatable bonds is 6. The molecule has 0 amide bonds.